The molecule has 1 saturated heterocycles. The second-order valence-electron chi connectivity index (χ2n) is 7.24. The molecule has 2 aromatic carbocycles. The predicted octanol–water partition coefficient (Wildman–Crippen LogP) is 4.33. The van der Waals surface area contributed by atoms with Gasteiger partial charge in [-0.1, -0.05) is 34.1 Å². The van der Waals surface area contributed by atoms with Gasteiger partial charge in [0.15, 0.2) is 0 Å². The summed E-state index contributed by atoms with van der Waals surface area (Å²) in [6.07, 6.45) is 1.71. The van der Waals surface area contributed by atoms with Gasteiger partial charge in [0.2, 0.25) is 0 Å². The fourth-order valence-electron chi connectivity index (χ4n) is 3.77. The highest BCUT2D eigenvalue weighted by Crippen LogP contribution is 2.25. The van der Waals surface area contributed by atoms with Crippen LogP contribution in [0.25, 0.3) is 0 Å². The molecule has 1 N–H and O–H groups in total. The minimum Gasteiger partial charge on any atom is -0.371 e. The molecule has 0 bridgehead atoms. The number of hydrogen-bond acceptors (Lipinski definition) is 3. The van der Waals surface area contributed by atoms with Crippen LogP contribution in [0.2, 0.25) is 0 Å². The van der Waals surface area contributed by atoms with Crippen LogP contribution >= 0.6 is 15.9 Å². The quantitative estimate of drug-likeness (QED) is 0.701. The van der Waals surface area contributed by atoms with Crippen LogP contribution in [0.3, 0.4) is 0 Å². The molecule has 0 spiro atoms. The smallest absolute Gasteiger partial charge is 0.255 e. The molecule has 0 aliphatic carbocycles. The van der Waals surface area contributed by atoms with E-state index in [-0.39, 0.29) is 17.9 Å². The van der Waals surface area contributed by atoms with Gasteiger partial charge in [-0.2, -0.15) is 0 Å². The topological polar surface area (TPSA) is 52.7 Å². The highest BCUT2D eigenvalue weighted by molar-refractivity contribution is 9.10. The van der Waals surface area contributed by atoms with Crippen LogP contribution in [0, 0.1) is 0 Å². The Morgan fingerprint density at radius 3 is 2.41 bits per heavy atom. The highest BCUT2D eigenvalue weighted by Gasteiger charge is 2.25. The van der Waals surface area contributed by atoms with Crippen LogP contribution in [0.15, 0.2) is 53.0 Å². The third-order valence-electron chi connectivity index (χ3n) is 5.44. The zero-order chi connectivity index (χ0) is 20.8. The van der Waals surface area contributed by atoms with Gasteiger partial charge in [-0.3, -0.25) is 9.59 Å². The van der Waals surface area contributed by atoms with E-state index >= 15 is 0 Å². The summed E-state index contributed by atoms with van der Waals surface area (Å²) >= 11 is 3.41. The molecule has 2 amide bonds. The molecule has 0 saturated carbocycles. The van der Waals surface area contributed by atoms with Crippen molar-refractivity contribution in [2.75, 3.05) is 31.1 Å². The Bertz CT molecular complexity index is 859. The van der Waals surface area contributed by atoms with Crippen molar-refractivity contribution < 1.29 is 9.59 Å². The van der Waals surface area contributed by atoms with Gasteiger partial charge < -0.3 is 15.1 Å². The number of carbonyl (C=O) groups excluding carboxylic acids is 2. The lowest BCUT2D eigenvalue weighted by Gasteiger charge is -2.35. The molecule has 1 heterocycles. The molecule has 5 nitrogen and oxygen atoms in total. The monoisotopic (exact) mass is 457 g/mol. The van der Waals surface area contributed by atoms with Gasteiger partial charge in [0.25, 0.3) is 11.8 Å². The van der Waals surface area contributed by atoms with Crippen molar-refractivity contribution in [3.05, 3.63) is 64.1 Å². The fraction of sp³-hybridized carbons (Fsp3) is 0.391. The molecule has 2 aromatic rings. The molecule has 154 valence electrons. The van der Waals surface area contributed by atoms with Crippen LogP contribution in [0.1, 0.15) is 47.4 Å². The van der Waals surface area contributed by atoms with E-state index in [1.165, 1.54) is 0 Å². The van der Waals surface area contributed by atoms with E-state index in [0.29, 0.717) is 18.7 Å². The Hall–Kier alpha value is -2.34. The largest absolute Gasteiger partial charge is 0.371 e. The van der Waals surface area contributed by atoms with Gasteiger partial charge in [-0.15, -0.1) is 0 Å². The first kappa shape index (κ1) is 21.4. The summed E-state index contributed by atoms with van der Waals surface area (Å²) in [6, 6.07) is 15.4. The number of piperidine rings is 1. The number of hydrogen-bond donors (Lipinski definition) is 1. The average Bonchev–Trinajstić information content (AvgIpc) is 2.75. The molecule has 3 rings (SSSR count). The molecular weight excluding hydrogens is 430 g/mol. The molecule has 1 aliphatic heterocycles. The summed E-state index contributed by atoms with van der Waals surface area (Å²) in [5.41, 5.74) is 2.41. The number of carbonyl (C=O) groups is 2. The average molecular weight is 458 g/mol. The number of nitrogens with one attached hydrogen (secondary N) is 1. The van der Waals surface area contributed by atoms with Crippen LogP contribution in [0.4, 0.5) is 5.69 Å². The summed E-state index contributed by atoms with van der Waals surface area (Å²) in [7, 11) is 0. The molecule has 1 aliphatic rings. The molecule has 6 heteroatoms. The molecule has 29 heavy (non-hydrogen) atoms. The number of benzene rings is 2. The van der Waals surface area contributed by atoms with Crippen LogP contribution in [-0.2, 0) is 0 Å². The first-order valence-electron chi connectivity index (χ1n) is 10.2. The van der Waals surface area contributed by atoms with Gasteiger partial charge >= 0.3 is 0 Å². The molecule has 0 aromatic heterocycles. The van der Waals surface area contributed by atoms with E-state index < -0.39 is 0 Å². The second kappa shape index (κ2) is 9.92. The number of nitrogens with zero attached hydrogens (tertiary/aromatic N) is 2. The third-order valence-corrected chi connectivity index (χ3v) is 5.94. The molecule has 1 fully saturated rings. The van der Waals surface area contributed by atoms with Crippen molar-refractivity contribution in [3.8, 4) is 0 Å². The van der Waals surface area contributed by atoms with Crippen LogP contribution < -0.4 is 10.2 Å². The maximum atomic E-state index is 12.9. The summed E-state index contributed by atoms with van der Waals surface area (Å²) in [5.74, 6) is 0.0394. The number of anilines is 1. The minimum absolute atomic E-state index is 0.0399. The van der Waals surface area contributed by atoms with E-state index in [1.54, 1.807) is 0 Å². The van der Waals surface area contributed by atoms with E-state index in [2.05, 4.69) is 26.1 Å². The summed E-state index contributed by atoms with van der Waals surface area (Å²) < 4.78 is 0.898. The van der Waals surface area contributed by atoms with Crippen molar-refractivity contribution >= 4 is 33.4 Å². The maximum Gasteiger partial charge on any atom is 0.255 e. The van der Waals surface area contributed by atoms with Crippen molar-refractivity contribution in [1.29, 1.82) is 0 Å². The lowest BCUT2D eigenvalue weighted by molar-refractivity contribution is 0.0773. The molecule has 0 radical (unpaired) electrons. The van der Waals surface area contributed by atoms with Gasteiger partial charge in [0.1, 0.15) is 0 Å². The Kier molecular flexibility index (Phi) is 7.31. The van der Waals surface area contributed by atoms with E-state index in [4.69, 9.17) is 0 Å². The zero-order valence-electron chi connectivity index (χ0n) is 17.0. The third kappa shape index (κ3) is 5.18. The van der Waals surface area contributed by atoms with E-state index in [9.17, 15) is 9.59 Å². The lowest BCUT2D eigenvalue weighted by atomic mass is 10.0. The number of amides is 2. The van der Waals surface area contributed by atoms with E-state index in [0.717, 1.165) is 41.7 Å². The van der Waals surface area contributed by atoms with Crippen molar-refractivity contribution in [3.63, 3.8) is 0 Å². The summed E-state index contributed by atoms with van der Waals surface area (Å²) in [5, 5.41) is 3.15. The fourth-order valence-corrected chi connectivity index (χ4v) is 4.17. The Morgan fingerprint density at radius 2 is 1.76 bits per heavy atom. The van der Waals surface area contributed by atoms with E-state index in [1.807, 2.05) is 67.3 Å². The summed E-state index contributed by atoms with van der Waals surface area (Å²) in [6.45, 7) is 7.03. The van der Waals surface area contributed by atoms with Gasteiger partial charge in [-0.25, -0.2) is 0 Å². The number of halogens is 1. The number of para-hydroxylation sites is 1. The van der Waals surface area contributed by atoms with Crippen LogP contribution in [-0.4, -0.2) is 48.9 Å². The summed E-state index contributed by atoms with van der Waals surface area (Å²) in [4.78, 5) is 29.5. The predicted molar refractivity (Wildman–Crippen MR) is 121 cm³/mol. The highest BCUT2D eigenvalue weighted by atomic mass is 79.9. The van der Waals surface area contributed by atoms with Crippen molar-refractivity contribution in [2.45, 2.75) is 32.7 Å². The Morgan fingerprint density at radius 1 is 1.07 bits per heavy atom. The van der Waals surface area contributed by atoms with Crippen molar-refractivity contribution in [1.82, 2.24) is 10.2 Å². The minimum atomic E-state index is -0.0399. The molecule has 0 atom stereocenters. The number of rotatable bonds is 6. The molecular formula is C23H28BrN3O2. The lowest BCUT2D eigenvalue weighted by Crippen LogP contribution is -2.45. The zero-order valence-corrected chi connectivity index (χ0v) is 18.6. The molecule has 0 unspecified atom stereocenters. The Labute approximate surface area is 181 Å². The first-order valence-corrected chi connectivity index (χ1v) is 11.0. The normalized spacial score (nSPS) is 14.5. The first-order chi connectivity index (χ1) is 14.0. The second-order valence-corrected chi connectivity index (χ2v) is 8.16. The van der Waals surface area contributed by atoms with Crippen molar-refractivity contribution in [2.24, 2.45) is 0 Å². The van der Waals surface area contributed by atoms with Gasteiger partial charge in [-0.05, 0) is 57.0 Å². The van der Waals surface area contributed by atoms with Gasteiger partial charge in [0, 0.05) is 47.9 Å². The van der Waals surface area contributed by atoms with Crippen LogP contribution in [0.5, 0.6) is 0 Å². The standard InChI is InChI=1S/C23H28BrN3O2/c1-3-26(4-2)23(29)20-10-5-6-11-21(20)27-14-12-19(13-15-27)25-22(28)17-8-7-9-18(24)16-17/h5-11,16,19H,3-4,12-15H2,1-2H3,(H,25,28). The van der Waals surface area contributed by atoms with Gasteiger partial charge in [0.05, 0.1) is 5.56 Å². The Balaban J connectivity index is 1.64. The maximum absolute atomic E-state index is 12.9. The SMILES string of the molecule is CCN(CC)C(=O)c1ccccc1N1CCC(NC(=O)c2cccc(Br)c2)CC1.